The number of furan rings is 1. The molecule has 0 bridgehead atoms. The van der Waals surface area contributed by atoms with Crippen molar-refractivity contribution in [3.63, 3.8) is 0 Å². The molecule has 1 aliphatic rings. The van der Waals surface area contributed by atoms with Gasteiger partial charge in [0.2, 0.25) is 11.8 Å². The second-order valence-corrected chi connectivity index (χ2v) is 9.36. The number of rotatable bonds is 6. The third kappa shape index (κ3) is 4.11. The lowest BCUT2D eigenvalue weighted by atomic mass is 9.88. The maximum absolute atomic E-state index is 6.39. The number of aromatic nitrogens is 6. The molecule has 0 spiro atoms. The third-order valence-electron chi connectivity index (χ3n) is 6.43. The smallest absolute Gasteiger partial charge is 0.230 e. The number of benzene rings is 2. The molecule has 0 saturated heterocycles. The zero-order valence-electron chi connectivity index (χ0n) is 20.6. The minimum absolute atomic E-state index is 0.0881. The van der Waals surface area contributed by atoms with Crippen LogP contribution in [0.5, 0.6) is 11.8 Å². The Kier molecular flexibility index (Phi) is 5.59. The van der Waals surface area contributed by atoms with Crippen LogP contribution in [0, 0.1) is 6.92 Å². The lowest BCUT2D eigenvalue weighted by molar-refractivity contribution is 0.126. The average Bonchev–Trinajstić information content (AvgIpc) is 3.70. The van der Waals surface area contributed by atoms with Crippen molar-refractivity contribution >= 4 is 23.5 Å². The first-order chi connectivity index (χ1) is 19.2. The molecule has 0 amide bonds. The molecule has 0 unspecified atom stereocenters. The van der Waals surface area contributed by atoms with E-state index in [-0.39, 0.29) is 12.5 Å². The summed E-state index contributed by atoms with van der Waals surface area (Å²) < 4.78 is 15.7. The number of oxime groups is 1. The Morgan fingerprint density at radius 1 is 1.03 bits per heavy atom. The van der Waals surface area contributed by atoms with Gasteiger partial charge in [-0.2, -0.15) is 5.10 Å². The maximum atomic E-state index is 6.39. The lowest BCUT2D eigenvalue weighted by Gasteiger charge is -2.24. The molecule has 4 aromatic heterocycles. The number of halogens is 1. The summed E-state index contributed by atoms with van der Waals surface area (Å²) >= 11 is 6.12. The van der Waals surface area contributed by atoms with Crippen LogP contribution in [0.3, 0.4) is 0 Å². The molecule has 192 valence electrons. The summed E-state index contributed by atoms with van der Waals surface area (Å²) in [7, 11) is 0. The molecule has 7 rings (SSSR count). The Morgan fingerprint density at radius 3 is 2.67 bits per heavy atom. The highest BCUT2D eigenvalue weighted by atomic mass is 35.5. The van der Waals surface area contributed by atoms with Gasteiger partial charge >= 0.3 is 0 Å². The van der Waals surface area contributed by atoms with Crippen LogP contribution in [-0.2, 0) is 11.4 Å². The number of aryl methyl sites for hydroxylation is 1. The minimum Gasteiger partial charge on any atom is -0.468 e. The van der Waals surface area contributed by atoms with Crippen LogP contribution in [0.2, 0.25) is 5.02 Å². The molecule has 2 aromatic carbocycles. The predicted octanol–water partition coefficient (Wildman–Crippen LogP) is 5.70. The van der Waals surface area contributed by atoms with Crippen molar-refractivity contribution in [2.75, 3.05) is 0 Å². The monoisotopic (exact) mass is 537 g/mol. The fraction of sp³-hybridized carbons (Fsp3) is 0.107. The average molecular weight is 538 g/mol. The maximum Gasteiger partial charge on any atom is 0.230 e. The molecule has 1 atom stereocenters. The summed E-state index contributed by atoms with van der Waals surface area (Å²) in [5, 5.41) is 14.0. The highest BCUT2D eigenvalue weighted by molar-refractivity contribution is 6.30. The number of hydrogen-bond donors (Lipinski definition) is 0. The van der Waals surface area contributed by atoms with Gasteiger partial charge in [0.25, 0.3) is 0 Å². The Bertz CT molecular complexity index is 1810. The van der Waals surface area contributed by atoms with Crippen LogP contribution < -0.4 is 4.74 Å². The largest absolute Gasteiger partial charge is 0.468 e. The van der Waals surface area contributed by atoms with Crippen LogP contribution in [0.25, 0.3) is 11.3 Å². The first kappa shape index (κ1) is 23.2. The van der Waals surface area contributed by atoms with E-state index in [4.69, 9.17) is 35.7 Å². The zero-order valence-corrected chi connectivity index (χ0v) is 21.4. The van der Waals surface area contributed by atoms with Gasteiger partial charge in [-0.15, -0.1) is 5.10 Å². The fourth-order valence-electron chi connectivity index (χ4n) is 4.71. The van der Waals surface area contributed by atoms with Gasteiger partial charge < -0.3 is 14.0 Å². The van der Waals surface area contributed by atoms with Crippen LogP contribution in [0.15, 0.2) is 88.9 Å². The van der Waals surface area contributed by atoms with Crippen molar-refractivity contribution in [2.45, 2.75) is 19.4 Å². The highest BCUT2D eigenvalue weighted by Crippen LogP contribution is 2.49. The van der Waals surface area contributed by atoms with Crippen molar-refractivity contribution in [1.82, 2.24) is 29.4 Å². The highest BCUT2D eigenvalue weighted by Gasteiger charge is 2.39. The van der Waals surface area contributed by atoms with Crippen molar-refractivity contribution in [3.8, 4) is 17.4 Å². The van der Waals surface area contributed by atoms with Gasteiger partial charge in [-0.05, 0) is 48.9 Å². The summed E-state index contributed by atoms with van der Waals surface area (Å²) in [6.45, 7) is 2.03. The first-order valence-corrected chi connectivity index (χ1v) is 12.5. The Labute approximate surface area is 227 Å². The molecule has 0 radical (unpaired) electrons. The minimum atomic E-state index is -0.370. The molecule has 0 N–H and O–H groups in total. The summed E-state index contributed by atoms with van der Waals surface area (Å²) in [5.74, 6) is 1.74. The van der Waals surface area contributed by atoms with Gasteiger partial charge in [0.15, 0.2) is 18.1 Å². The molecular weight excluding hydrogens is 518 g/mol. The van der Waals surface area contributed by atoms with E-state index in [0.29, 0.717) is 34.0 Å². The molecule has 0 saturated carbocycles. The van der Waals surface area contributed by atoms with E-state index >= 15 is 0 Å². The quantitative estimate of drug-likeness (QED) is 0.198. The lowest BCUT2D eigenvalue weighted by Crippen LogP contribution is -2.15. The summed E-state index contributed by atoms with van der Waals surface area (Å²) in [4.78, 5) is 14.8. The van der Waals surface area contributed by atoms with Crippen LogP contribution >= 0.6 is 11.6 Å². The second kappa shape index (κ2) is 9.41. The number of hydrogen-bond acceptors (Lipinski definition) is 8. The SMILES string of the molecule is Cc1nn(-c2ccc(Cl)cc2)c2c1[C@@H](c1ccco1)c1c(ncn3nc(CO/N=C\c4ccccc4)nc13)O2. The molecule has 39 heavy (non-hydrogen) atoms. The van der Waals surface area contributed by atoms with E-state index in [2.05, 4.69) is 15.2 Å². The second-order valence-electron chi connectivity index (χ2n) is 8.92. The van der Waals surface area contributed by atoms with E-state index in [1.165, 1.54) is 0 Å². The molecular formula is C28H20ClN7O3. The zero-order chi connectivity index (χ0) is 26.3. The molecule has 10 nitrogen and oxygen atoms in total. The van der Waals surface area contributed by atoms with E-state index in [9.17, 15) is 0 Å². The van der Waals surface area contributed by atoms with Gasteiger partial charge in [-0.3, -0.25) is 0 Å². The fourth-order valence-corrected chi connectivity index (χ4v) is 4.84. The van der Waals surface area contributed by atoms with E-state index in [0.717, 1.165) is 28.1 Å². The van der Waals surface area contributed by atoms with Crippen LogP contribution in [0.1, 0.15) is 39.9 Å². The first-order valence-electron chi connectivity index (χ1n) is 12.2. The normalized spacial score (nSPS) is 14.4. The van der Waals surface area contributed by atoms with Gasteiger partial charge in [0.1, 0.15) is 12.1 Å². The predicted molar refractivity (Wildman–Crippen MR) is 143 cm³/mol. The van der Waals surface area contributed by atoms with Crippen molar-refractivity contribution in [2.24, 2.45) is 5.16 Å². The molecule has 5 heterocycles. The summed E-state index contributed by atoms with van der Waals surface area (Å²) in [5.41, 5.74) is 4.69. The van der Waals surface area contributed by atoms with Gasteiger partial charge in [-0.25, -0.2) is 19.2 Å². The molecule has 0 fully saturated rings. The molecule has 1 aliphatic heterocycles. The topological polar surface area (TPSA) is 105 Å². The van der Waals surface area contributed by atoms with E-state index in [1.54, 1.807) is 28.0 Å². The summed E-state index contributed by atoms with van der Waals surface area (Å²) in [6, 6.07) is 20.9. The number of ether oxygens (including phenoxy) is 1. The molecule has 11 heteroatoms. The van der Waals surface area contributed by atoms with Crippen molar-refractivity contribution in [1.29, 1.82) is 0 Å². The number of fused-ring (bicyclic) bond motifs is 4. The standard InChI is InChI=1S/C28H20ClN7O3/c1-17-23-24(21-8-5-13-37-21)25-26-32-22(15-38-31-14-18-6-3-2-4-7-18)34-35(26)16-30-27(25)39-28(23)36(33-17)20-11-9-19(29)10-12-20/h2-14,16,24H,15H2,1H3/b31-14-/t24-/m1/s1. The van der Waals surface area contributed by atoms with Crippen LogP contribution in [-0.4, -0.2) is 35.6 Å². The summed E-state index contributed by atoms with van der Waals surface area (Å²) in [6.07, 6.45) is 4.85. The molecule has 0 aliphatic carbocycles. The Morgan fingerprint density at radius 2 is 1.87 bits per heavy atom. The molecule has 6 aromatic rings. The van der Waals surface area contributed by atoms with Crippen molar-refractivity contribution < 1.29 is 14.0 Å². The van der Waals surface area contributed by atoms with Crippen molar-refractivity contribution in [3.05, 3.63) is 118 Å². The Balaban J connectivity index is 1.29. The number of nitrogens with zero attached hydrogens (tertiary/aromatic N) is 7. The van der Waals surface area contributed by atoms with Gasteiger partial charge in [0, 0.05) is 5.02 Å². The van der Waals surface area contributed by atoms with Gasteiger partial charge in [0.05, 0.1) is 40.9 Å². The van der Waals surface area contributed by atoms with Crippen LogP contribution in [0.4, 0.5) is 0 Å². The van der Waals surface area contributed by atoms with E-state index in [1.807, 2.05) is 73.7 Å². The Hall–Kier alpha value is -4.96. The van der Waals surface area contributed by atoms with Gasteiger partial charge in [-0.1, -0.05) is 47.1 Å². The van der Waals surface area contributed by atoms with E-state index < -0.39 is 0 Å². The third-order valence-corrected chi connectivity index (χ3v) is 6.68.